The Labute approximate surface area is 212 Å². The maximum absolute atomic E-state index is 13.3. The number of hydrogen-bond donors (Lipinski definition) is 1. The van der Waals surface area contributed by atoms with E-state index in [1.54, 1.807) is 48.3 Å². The molecule has 35 heavy (non-hydrogen) atoms. The van der Waals surface area contributed by atoms with Crippen LogP contribution in [0, 0.1) is 17.0 Å². The Kier molecular flexibility index (Phi) is 5.95. The van der Waals surface area contributed by atoms with E-state index in [4.69, 9.17) is 27.9 Å². The van der Waals surface area contributed by atoms with Crippen LogP contribution in [0.4, 0.5) is 5.69 Å². The van der Waals surface area contributed by atoms with Crippen LogP contribution in [0.2, 0.25) is 10.0 Å². The third-order valence-corrected chi connectivity index (χ3v) is 7.56. The normalized spacial score (nSPS) is 23.4. The zero-order valence-corrected chi connectivity index (χ0v) is 20.6. The topological polar surface area (TPSA) is 84.7 Å². The highest BCUT2D eigenvalue weighted by molar-refractivity contribution is 6.37. The lowest BCUT2D eigenvalue weighted by molar-refractivity contribution is -0.534. The summed E-state index contributed by atoms with van der Waals surface area (Å²) in [5.74, 6) is -0.700. The zero-order chi connectivity index (χ0) is 24.9. The van der Waals surface area contributed by atoms with Crippen LogP contribution >= 0.6 is 23.2 Å². The van der Waals surface area contributed by atoms with E-state index in [2.05, 4.69) is 5.32 Å². The molecule has 2 aliphatic heterocycles. The first-order chi connectivity index (χ1) is 16.7. The van der Waals surface area contributed by atoms with Gasteiger partial charge in [0.05, 0.1) is 16.0 Å². The van der Waals surface area contributed by atoms with Gasteiger partial charge in [-0.1, -0.05) is 71.2 Å². The highest BCUT2D eigenvalue weighted by atomic mass is 35.5. The maximum atomic E-state index is 13.3. The third-order valence-electron chi connectivity index (χ3n) is 6.99. The maximum Gasteiger partial charge on any atom is 0.256 e. The average Bonchev–Trinajstić information content (AvgIpc) is 3.29. The number of nitrogens with zero attached hydrogens (tertiary/aromatic N) is 2. The Morgan fingerprint density at radius 2 is 1.80 bits per heavy atom. The van der Waals surface area contributed by atoms with Crippen LogP contribution in [0.3, 0.4) is 0 Å². The van der Waals surface area contributed by atoms with Gasteiger partial charge in [-0.25, -0.2) is 0 Å². The van der Waals surface area contributed by atoms with Crippen molar-refractivity contribution in [1.29, 1.82) is 0 Å². The van der Waals surface area contributed by atoms with Gasteiger partial charge in [-0.15, -0.1) is 0 Å². The molecule has 180 valence electrons. The number of carbonyl (C=O) groups is 1. The van der Waals surface area contributed by atoms with Gasteiger partial charge in [-0.05, 0) is 43.3 Å². The summed E-state index contributed by atoms with van der Waals surface area (Å²) in [6.45, 7) is 2.57. The number of hydrogen-bond acceptors (Lipinski definition) is 5. The van der Waals surface area contributed by atoms with Crippen LogP contribution in [-0.4, -0.2) is 35.4 Å². The molecule has 9 heteroatoms. The molecule has 7 nitrogen and oxygen atoms in total. The van der Waals surface area contributed by atoms with E-state index in [-0.39, 0.29) is 28.1 Å². The molecule has 1 amide bonds. The quantitative estimate of drug-likeness (QED) is 0.366. The fourth-order valence-electron chi connectivity index (χ4n) is 5.35. The molecule has 0 radical (unpaired) electrons. The summed E-state index contributed by atoms with van der Waals surface area (Å²) < 4.78 is 5.89. The lowest BCUT2D eigenvalue weighted by Crippen LogP contribution is -2.54. The number of aryl methyl sites for hydroxylation is 1. The van der Waals surface area contributed by atoms with E-state index in [0.29, 0.717) is 22.6 Å². The van der Waals surface area contributed by atoms with Gasteiger partial charge in [0.1, 0.15) is 6.61 Å². The summed E-state index contributed by atoms with van der Waals surface area (Å²) in [4.78, 5) is 27.1. The third kappa shape index (κ3) is 3.75. The highest BCUT2D eigenvalue weighted by Crippen LogP contribution is 2.52. The molecule has 1 N–H and O–H groups in total. The Bertz CT molecular complexity index is 1310. The van der Waals surface area contributed by atoms with Gasteiger partial charge in [-0.3, -0.25) is 19.8 Å². The molecule has 3 atom stereocenters. The molecule has 3 aromatic carbocycles. The smallest absolute Gasteiger partial charge is 0.256 e. The number of nitro groups is 1. The lowest BCUT2D eigenvalue weighted by atomic mass is 9.79. The van der Waals surface area contributed by atoms with E-state index >= 15 is 0 Å². The number of rotatable bonds is 5. The summed E-state index contributed by atoms with van der Waals surface area (Å²) in [6.07, 6.45) is 0. The SMILES string of the molecule is Cc1ccc(COc2c(Cl)cc([C@@H]3CN(C)[C@]4(C(=O)Nc5ccccc54)[C@H]3[N+](=O)[O-])cc2Cl)cc1. The van der Waals surface area contributed by atoms with Gasteiger partial charge in [0, 0.05) is 22.7 Å². The first-order valence-corrected chi connectivity index (χ1v) is 11.9. The fourth-order valence-corrected chi connectivity index (χ4v) is 5.96. The van der Waals surface area contributed by atoms with Crippen molar-refractivity contribution in [3.05, 3.63) is 103 Å². The molecule has 0 saturated carbocycles. The number of likely N-dealkylation sites (N-methyl/N-ethyl adjacent to an activating group) is 1. The van der Waals surface area contributed by atoms with E-state index < -0.39 is 23.4 Å². The summed E-state index contributed by atoms with van der Waals surface area (Å²) in [7, 11) is 1.74. The van der Waals surface area contributed by atoms with Gasteiger partial charge in [0.15, 0.2) is 11.3 Å². The zero-order valence-electron chi connectivity index (χ0n) is 19.1. The van der Waals surface area contributed by atoms with Crippen molar-refractivity contribution in [2.45, 2.75) is 31.0 Å². The minimum atomic E-state index is -1.43. The number of nitrogens with one attached hydrogen (secondary N) is 1. The number of benzene rings is 3. The minimum Gasteiger partial charge on any atom is -0.486 e. The Morgan fingerprint density at radius 1 is 1.14 bits per heavy atom. The number of para-hydroxylation sites is 1. The van der Waals surface area contributed by atoms with Crippen molar-refractivity contribution in [2.75, 3.05) is 18.9 Å². The standard InChI is InChI=1S/C26H23Cl2N3O4/c1-15-7-9-16(10-8-15)14-35-23-20(27)11-17(12-21(23)28)18-13-30(2)26(24(18)31(33)34)19-5-3-4-6-22(19)29-25(26)32/h3-12,18,24H,13-14H2,1-2H3,(H,29,32)/t18-,24-,26-/m0/s1. The van der Waals surface area contributed by atoms with Crippen molar-refractivity contribution in [1.82, 2.24) is 4.90 Å². The molecule has 0 aromatic heterocycles. The van der Waals surface area contributed by atoms with Crippen LogP contribution in [0.25, 0.3) is 0 Å². The number of fused-ring (bicyclic) bond motifs is 2. The first kappa shape index (κ1) is 23.6. The van der Waals surface area contributed by atoms with E-state index in [1.165, 1.54) is 0 Å². The van der Waals surface area contributed by atoms with Gasteiger partial charge in [0.25, 0.3) is 11.9 Å². The van der Waals surface area contributed by atoms with Crippen LogP contribution in [0.1, 0.15) is 28.2 Å². The second kappa shape index (κ2) is 8.82. The van der Waals surface area contributed by atoms with Gasteiger partial charge >= 0.3 is 0 Å². The summed E-state index contributed by atoms with van der Waals surface area (Å²) in [5.41, 5.74) is 2.47. The molecule has 2 heterocycles. The number of halogens is 2. The first-order valence-electron chi connectivity index (χ1n) is 11.2. The van der Waals surface area contributed by atoms with Crippen molar-refractivity contribution in [3.8, 4) is 5.75 Å². The molecule has 3 aromatic rings. The lowest BCUT2D eigenvalue weighted by Gasteiger charge is -2.30. The number of amides is 1. The van der Waals surface area contributed by atoms with Gasteiger partial charge in [0.2, 0.25) is 0 Å². The molecular formula is C26H23Cl2N3O4. The number of carbonyl (C=O) groups excluding carboxylic acids is 1. The molecule has 2 aliphatic rings. The fraction of sp³-hybridized carbons (Fsp3) is 0.269. The molecule has 0 bridgehead atoms. The molecule has 5 rings (SSSR count). The largest absolute Gasteiger partial charge is 0.486 e. The number of anilines is 1. The molecule has 1 saturated heterocycles. The van der Waals surface area contributed by atoms with Crippen LogP contribution in [0.15, 0.2) is 60.7 Å². The number of likely N-dealkylation sites (tertiary alicyclic amines) is 1. The van der Waals surface area contributed by atoms with Crippen molar-refractivity contribution in [2.24, 2.45) is 0 Å². The Hall–Kier alpha value is -3.13. The predicted octanol–water partition coefficient (Wildman–Crippen LogP) is 5.40. The van der Waals surface area contributed by atoms with E-state index in [1.807, 2.05) is 31.2 Å². The molecule has 1 spiro atoms. The molecule has 1 fully saturated rings. The minimum absolute atomic E-state index is 0.265. The van der Waals surface area contributed by atoms with Gasteiger partial charge < -0.3 is 10.1 Å². The van der Waals surface area contributed by atoms with E-state index in [9.17, 15) is 14.9 Å². The highest BCUT2D eigenvalue weighted by Gasteiger charge is 2.68. The second-order valence-corrected chi connectivity index (χ2v) is 9.89. The predicted molar refractivity (Wildman–Crippen MR) is 135 cm³/mol. The van der Waals surface area contributed by atoms with Crippen molar-refractivity contribution >= 4 is 34.8 Å². The summed E-state index contributed by atoms with van der Waals surface area (Å²) >= 11 is 13.1. The average molecular weight is 512 g/mol. The number of ether oxygens (including phenoxy) is 1. The van der Waals surface area contributed by atoms with Crippen LogP contribution in [-0.2, 0) is 16.9 Å². The van der Waals surface area contributed by atoms with Crippen LogP contribution in [0.5, 0.6) is 5.75 Å². The van der Waals surface area contributed by atoms with Crippen molar-refractivity contribution in [3.63, 3.8) is 0 Å². The van der Waals surface area contributed by atoms with E-state index in [0.717, 1.165) is 11.1 Å². The molecule has 0 aliphatic carbocycles. The Morgan fingerprint density at radius 3 is 2.46 bits per heavy atom. The molecule has 0 unspecified atom stereocenters. The van der Waals surface area contributed by atoms with Crippen molar-refractivity contribution < 1.29 is 14.5 Å². The monoisotopic (exact) mass is 511 g/mol. The summed E-state index contributed by atoms with van der Waals surface area (Å²) in [5, 5.41) is 15.8. The van der Waals surface area contributed by atoms with Gasteiger partial charge in [-0.2, -0.15) is 0 Å². The second-order valence-electron chi connectivity index (χ2n) is 9.07. The Balaban J connectivity index is 1.50. The molecular weight excluding hydrogens is 489 g/mol. The van der Waals surface area contributed by atoms with Crippen LogP contribution < -0.4 is 10.1 Å². The summed E-state index contributed by atoms with van der Waals surface area (Å²) in [6, 6.07) is 17.1.